The zero-order chi connectivity index (χ0) is 9.68. The molecule has 0 aliphatic rings. The van der Waals surface area contributed by atoms with E-state index in [0.29, 0.717) is 13.0 Å². The molecule has 0 bridgehead atoms. The molecule has 0 fully saturated rings. The normalized spacial score (nSPS) is 12.8. The van der Waals surface area contributed by atoms with Crippen molar-refractivity contribution < 1.29 is 9.13 Å². The highest BCUT2D eigenvalue weighted by atomic mass is 19.1. The number of halogens is 1. The molecule has 0 saturated carbocycles. The van der Waals surface area contributed by atoms with E-state index in [1.165, 1.54) is 12.1 Å². The van der Waals surface area contributed by atoms with Gasteiger partial charge in [0.05, 0.1) is 6.61 Å². The van der Waals surface area contributed by atoms with E-state index in [0.717, 1.165) is 5.56 Å². The highest BCUT2D eigenvalue weighted by Crippen LogP contribution is 2.05. The van der Waals surface area contributed by atoms with Crippen molar-refractivity contribution in [3.05, 3.63) is 35.6 Å². The molecule has 1 aromatic rings. The summed E-state index contributed by atoms with van der Waals surface area (Å²) >= 11 is 0. The molecule has 0 aliphatic heterocycles. The second-order valence-corrected chi connectivity index (χ2v) is 3.05. The third kappa shape index (κ3) is 3.53. The Hall–Kier alpha value is -0.930. The molecule has 1 atom stereocenters. The van der Waals surface area contributed by atoms with Crippen LogP contribution >= 0.6 is 0 Å². The van der Waals surface area contributed by atoms with Gasteiger partial charge in [-0.15, -0.1) is 0 Å². The number of methoxy groups -OCH3 is 1. The first-order valence-corrected chi connectivity index (χ1v) is 4.21. The Kier molecular flexibility index (Phi) is 3.86. The Morgan fingerprint density at radius 3 is 2.92 bits per heavy atom. The first kappa shape index (κ1) is 10.2. The monoisotopic (exact) mass is 183 g/mol. The molecular weight excluding hydrogens is 169 g/mol. The summed E-state index contributed by atoms with van der Waals surface area (Å²) < 4.78 is 17.6. The summed E-state index contributed by atoms with van der Waals surface area (Å²) in [5.74, 6) is -0.220. The summed E-state index contributed by atoms with van der Waals surface area (Å²) in [6.45, 7) is 0.497. The number of hydrogen-bond acceptors (Lipinski definition) is 2. The van der Waals surface area contributed by atoms with Crippen molar-refractivity contribution in [2.45, 2.75) is 12.5 Å². The smallest absolute Gasteiger partial charge is 0.123 e. The Morgan fingerprint density at radius 2 is 2.31 bits per heavy atom. The summed E-state index contributed by atoms with van der Waals surface area (Å²) in [4.78, 5) is 0. The summed E-state index contributed by atoms with van der Waals surface area (Å²) in [5, 5.41) is 0. The van der Waals surface area contributed by atoms with Gasteiger partial charge >= 0.3 is 0 Å². The minimum absolute atomic E-state index is 0.0631. The van der Waals surface area contributed by atoms with Crippen molar-refractivity contribution in [2.75, 3.05) is 13.7 Å². The number of ether oxygens (including phenoxy) is 1. The van der Waals surface area contributed by atoms with E-state index in [4.69, 9.17) is 10.5 Å². The molecule has 1 rings (SSSR count). The van der Waals surface area contributed by atoms with E-state index in [1.807, 2.05) is 6.07 Å². The van der Waals surface area contributed by atoms with Crippen molar-refractivity contribution in [3.8, 4) is 0 Å². The van der Waals surface area contributed by atoms with Gasteiger partial charge in [0.1, 0.15) is 5.82 Å². The third-order valence-corrected chi connectivity index (χ3v) is 1.77. The van der Waals surface area contributed by atoms with Gasteiger partial charge in [0.25, 0.3) is 0 Å². The SMILES string of the molecule is COCC(N)Cc1cccc(F)c1. The van der Waals surface area contributed by atoms with Gasteiger partial charge in [-0.25, -0.2) is 4.39 Å². The lowest BCUT2D eigenvalue weighted by Gasteiger charge is -2.09. The molecule has 0 heterocycles. The quantitative estimate of drug-likeness (QED) is 0.764. The van der Waals surface area contributed by atoms with Crippen LogP contribution in [0, 0.1) is 5.82 Å². The lowest BCUT2D eigenvalue weighted by molar-refractivity contribution is 0.180. The zero-order valence-corrected chi connectivity index (χ0v) is 7.66. The fourth-order valence-corrected chi connectivity index (χ4v) is 1.24. The Labute approximate surface area is 77.5 Å². The van der Waals surface area contributed by atoms with E-state index in [2.05, 4.69) is 0 Å². The van der Waals surface area contributed by atoms with Gasteiger partial charge in [-0.05, 0) is 24.1 Å². The fourth-order valence-electron chi connectivity index (χ4n) is 1.24. The van der Waals surface area contributed by atoms with Crippen LogP contribution in [0.2, 0.25) is 0 Å². The van der Waals surface area contributed by atoms with Crippen LogP contribution in [-0.4, -0.2) is 19.8 Å². The fraction of sp³-hybridized carbons (Fsp3) is 0.400. The van der Waals surface area contributed by atoms with Crippen LogP contribution in [0.5, 0.6) is 0 Å². The van der Waals surface area contributed by atoms with Crippen LogP contribution in [0.4, 0.5) is 4.39 Å². The van der Waals surface area contributed by atoms with Gasteiger partial charge in [0.15, 0.2) is 0 Å². The number of benzene rings is 1. The van der Waals surface area contributed by atoms with Gasteiger partial charge in [-0.3, -0.25) is 0 Å². The Balaban J connectivity index is 2.53. The Bertz CT molecular complexity index is 265. The predicted molar refractivity (Wildman–Crippen MR) is 50.0 cm³/mol. The minimum Gasteiger partial charge on any atom is -0.383 e. The summed E-state index contributed by atoms with van der Waals surface area (Å²) in [6, 6.07) is 6.40. The lowest BCUT2D eigenvalue weighted by atomic mass is 10.1. The second-order valence-electron chi connectivity index (χ2n) is 3.05. The van der Waals surface area contributed by atoms with Crippen LogP contribution in [-0.2, 0) is 11.2 Å². The van der Waals surface area contributed by atoms with Crippen LogP contribution in [0.1, 0.15) is 5.56 Å². The standard InChI is InChI=1S/C10H14FNO/c1-13-7-10(12)6-8-3-2-4-9(11)5-8/h2-5,10H,6-7,12H2,1H3. The van der Waals surface area contributed by atoms with Crippen molar-refractivity contribution in [1.29, 1.82) is 0 Å². The van der Waals surface area contributed by atoms with Crippen LogP contribution in [0.3, 0.4) is 0 Å². The van der Waals surface area contributed by atoms with E-state index >= 15 is 0 Å². The predicted octanol–water partition coefficient (Wildman–Crippen LogP) is 1.34. The van der Waals surface area contributed by atoms with Gasteiger partial charge < -0.3 is 10.5 Å². The molecule has 2 N–H and O–H groups in total. The van der Waals surface area contributed by atoms with Gasteiger partial charge in [-0.2, -0.15) is 0 Å². The molecule has 0 amide bonds. The van der Waals surface area contributed by atoms with Gasteiger partial charge in [0, 0.05) is 13.2 Å². The summed E-state index contributed by atoms with van der Waals surface area (Å²) in [5.41, 5.74) is 6.63. The molecular formula is C10H14FNO. The molecule has 0 aliphatic carbocycles. The van der Waals surface area contributed by atoms with Crippen LogP contribution in [0.25, 0.3) is 0 Å². The highest BCUT2D eigenvalue weighted by Gasteiger charge is 2.03. The maximum Gasteiger partial charge on any atom is 0.123 e. The molecule has 2 nitrogen and oxygen atoms in total. The Morgan fingerprint density at radius 1 is 1.54 bits per heavy atom. The first-order valence-electron chi connectivity index (χ1n) is 4.21. The zero-order valence-electron chi connectivity index (χ0n) is 7.66. The molecule has 3 heteroatoms. The van der Waals surface area contributed by atoms with Crippen molar-refractivity contribution >= 4 is 0 Å². The van der Waals surface area contributed by atoms with E-state index in [-0.39, 0.29) is 11.9 Å². The number of nitrogens with two attached hydrogens (primary N) is 1. The molecule has 1 unspecified atom stereocenters. The largest absolute Gasteiger partial charge is 0.383 e. The average Bonchev–Trinajstić information content (AvgIpc) is 2.04. The van der Waals surface area contributed by atoms with E-state index in [9.17, 15) is 4.39 Å². The van der Waals surface area contributed by atoms with Crippen molar-refractivity contribution in [2.24, 2.45) is 5.73 Å². The van der Waals surface area contributed by atoms with Crippen molar-refractivity contribution in [1.82, 2.24) is 0 Å². The molecule has 0 radical (unpaired) electrons. The molecule has 0 spiro atoms. The maximum atomic E-state index is 12.7. The van der Waals surface area contributed by atoms with Crippen molar-refractivity contribution in [3.63, 3.8) is 0 Å². The van der Waals surface area contributed by atoms with E-state index < -0.39 is 0 Å². The minimum atomic E-state index is -0.220. The molecule has 1 aromatic carbocycles. The third-order valence-electron chi connectivity index (χ3n) is 1.77. The topological polar surface area (TPSA) is 35.2 Å². The second kappa shape index (κ2) is 4.94. The molecule has 72 valence electrons. The lowest BCUT2D eigenvalue weighted by Crippen LogP contribution is -2.27. The maximum absolute atomic E-state index is 12.7. The van der Waals surface area contributed by atoms with Gasteiger partial charge in [-0.1, -0.05) is 12.1 Å². The number of rotatable bonds is 4. The molecule has 0 aromatic heterocycles. The number of hydrogen-bond donors (Lipinski definition) is 1. The van der Waals surface area contributed by atoms with Crippen LogP contribution in [0.15, 0.2) is 24.3 Å². The van der Waals surface area contributed by atoms with Crippen LogP contribution < -0.4 is 5.73 Å². The molecule has 13 heavy (non-hydrogen) atoms. The average molecular weight is 183 g/mol. The van der Waals surface area contributed by atoms with E-state index in [1.54, 1.807) is 13.2 Å². The summed E-state index contributed by atoms with van der Waals surface area (Å²) in [6.07, 6.45) is 0.644. The summed E-state index contributed by atoms with van der Waals surface area (Å²) in [7, 11) is 1.60. The highest BCUT2D eigenvalue weighted by molar-refractivity contribution is 5.17. The first-order chi connectivity index (χ1) is 6.22. The molecule has 0 saturated heterocycles. The van der Waals surface area contributed by atoms with Gasteiger partial charge in [0.2, 0.25) is 0 Å².